The standard InChI is InChI=1S/C21H21ClN2O2/c1-4-19-14(2)23-24(15(19)3)18-11-9-16(10-12-18)21(25)26-13-17-7-5-6-8-20(17)22/h5-12H,4,13H2,1-3H3. The third kappa shape index (κ3) is 3.65. The molecule has 1 heterocycles. The highest BCUT2D eigenvalue weighted by Gasteiger charge is 2.13. The highest BCUT2D eigenvalue weighted by atomic mass is 35.5. The third-order valence-electron chi connectivity index (χ3n) is 4.46. The molecule has 5 heteroatoms. The minimum absolute atomic E-state index is 0.150. The number of aryl methyl sites for hydroxylation is 1. The second kappa shape index (κ2) is 7.75. The van der Waals surface area contributed by atoms with Crippen LogP contribution in [0.4, 0.5) is 0 Å². The Morgan fingerprint density at radius 1 is 1.12 bits per heavy atom. The number of carbonyl (C=O) groups is 1. The lowest BCUT2D eigenvalue weighted by molar-refractivity contribution is 0.0473. The van der Waals surface area contributed by atoms with Gasteiger partial charge in [-0.2, -0.15) is 5.10 Å². The summed E-state index contributed by atoms with van der Waals surface area (Å²) in [7, 11) is 0. The van der Waals surface area contributed by atoms with Gasteiger partial charge < -0.3 is 4.74 Å². The Bertz CT molecular complexity index is 930. The molecule has 0 aliphatic rings. The first-order valence-corrected chi connectivity index (χ1v) is 8.95. The van der Waals surface area contributed by atoms with Gasteiger partial charge in [-0.25, -0.2) is 9.48 Å². The first kappa shape index (κ1) is 18.2. The molecule has 0 aliphatic carbocycles. The summed E-state index contributed by atoms with van der Waals surface area (Å²) < 4.78 is 7.27. The van der Waals surface area contributed by atoms with Crippen LogP contribution in [0.2, 0.25) is 5.02 Å². The summed E-state index contributed by atoms with van der Waals surface area (Å²) in [6.45, 7) is 6.35. The maximum Gasteiger partial charge on any atom is 0.338 e. The van der Waals surface area contributed by atoms with Gasteiger partial charge in [-0.3, -0.25) is 0 Å². The molecule has 0 radical (unpaired) electrons. The number of rotatable bonds is 5. The van der Waals surface area contributed by atoms with Crippen LogP contribution in [0, 0.1) is 13.8 Å². The molecule has 0 atom stereocenters. The van der Waals surface area contributed by atoms with Crippen molar-refractivity contribution in [2.24, 2.45) is 0 Å². The second-order valence-corrected chi connectivity index (χ2v) is 6.54. The fourth-order valence-corrected chi connectivity index (χ4v) is 3.21. The maximum atomic E-state index is 12.3. The first-order valence-electron chi connectivity index (χ1n) is 8.57. The lowest BCUT2D eigenvalue weighted by atomic mass is 10.1. The van der Waals surface area contributed by atoms with Crippen LogP contribution in [0.3, 0.4) is 0 Å². The van der Waals surface area contributed by atoms with Crippen molar-refractivity contribution in [2.75, 3.05) is 0 Å². The van der Waals surface area contributed by atoms with Crippen LogP contribution < -0.4 is 0 Å². The van der Waals surface area contributed by atoms with Crippen molar-refractivity contribution in [3.05, 3.63) is 81.6 Å². The SMILES string of the molecule is CCc1c(C)nn(-c2ccc(C(=O)OCc3ccccc3Cl)cc2)c1C. The minimum Gasteiger partial charge on any atom is -0.457 e. The number of carbonyl (C=O) groups excluding carboxylic acids is 1. The number of halogens is 1. The Balaban J connectivity index is 1.73. The monoisotopic (exact) mass is 368 g/mol. The molecule has 0 N–H and O–H groups in total. The number of hydrogen-bond acceptors (Lipinski definition) is 3. The molecule has 3 aromatic rings. The molecule has 2 aromatic carbocycles. The smallest absolute Gasteiger partial charge is 0.338 e. The molecule has 0 bridgehead atoms. The van der Waals surface area contributed by atoms with Crippen LogP contribution in [0.25, 0.3) is 5.69 Å². The molecular weight excluding hydrogens is 348 g/mol. The molecule has 0 spiro atoms. The van der Waals surface area contributed by atoms with Gasteiger partial charge >= 0.3 is 5.97 Å². The average Bonchev–Trinajstić information content (AvgIpc) is 2.94. The van der Waals surface area contributed by atoms with Gasteiger partial charge in [0, 0.05) is 16.3 Å². The van der Waals surface area contributed by atoms with Gasteiger partial charge in [-0.05, 0) is 56.2 Å². The van der Waals surface area contributed by atoms with Crippen molar-refractivity contribution in [1.82, 2.24) is 9.78 Å². The zero-order valence-electron chi connectivity index (χ0n) is 15.1. The lowest BCUT2D eigenvalue weighted by Gasteiger charge is -2.08. The number of aromatic nitrogens is 2. The molecule has 3 rings (SSSR count). The molecule has 4 nitrogen and oxygen atoms in total. The summed E-state index contributed by atoms with van der Waals surface area (Å²) in [5, 5.41) is 5.19. The van der Waals surface area contributed by atoms with Gasteiger partial charge in [-0.15, -0.1) is 0 Å². The average molecular weight is 369 g/mol. The number of esters is 1. The molecule has 0 unspecified atom stereocenters. The Labute approximate surface area is 158 Å². The van der Waals surface area contributed by atoms with Crippen molar-refractivity contribution in [3.63, 3.8) is 0 Å². The molecule has 0 aliphatic heterocycles. The van der Waals surface area contributed by atoms with Crippen LogP contribution in [0.15, 0.2) is 48.5 Å². The number of nitrogens with zero attached hydrogens (tertiary/aromatic N) is 2. The molecule has 0 saturated heterocycles. The highest BCUT2D eigenvalue weighted by molar-refractivity contribution is 6.31. The zero-order valence-corrected chi connectivity index (χ0v) is 15.9. The zero-order chi connectivity index (χ0) is 18.7. The molecule has 134 valence electrons. The van der Waals surface area contributed by atoms with E-state index in [0.29, 0.717) is 10.6 Å². The maximum absolute atomic E-state index is 12.3. The van der Waals surface area contributed by atoms with E-state index in [4.69, 9.17) is 16.3 Å². The van der Waals surface area contributed by atoms with E-state index in [0.717, 1.165) is 29.1 Å². The van der Waals surface area contributed by atoms with Gasteiger partial charge in [0.25, 0.3) is 0 Å². The predicted octanol–water partition coefficient (Wildman–Crippen LogP) is 5.06. The quantitative estimate of drug-likeness (QED) is 0.591. The second-order valence-electron chi connectivity index (χ2n) is 6.13. The summed E-state index contributed by atoms with van der Waals surface area (Å²) in [5.74, 6) is -0.376. The van der Waals surface area contributed by atoms with Crippen LogP contribution >= 0.6 is 11.6 Å². The van der Waals surface area contributed by atoms with E-state index in [1.165, 1.54) is 5.56 Å². The number of benzene rings is 2. The lowest BCUT2D eigenvalue weighted by Crippen LogP contribution is -2.06. The molecule has 26 heavy (non-hydrogen) atoms. The predicted molar refractivity (Wildman–Crippen MR) is 103 cm³/mol. The molecule has 0 amide bonds. The van der Waals surface area contributed by atoms with E-state index in [1.807, 2.05) is 41.9 Å². The molecular formula is C21H21ClN2O2. The van der Waals surface area contributed by atoms with Crippen LogP contribution in [-0.2, 0) is 17.8 Å². The third-order valence-corrected chi connectivity index (χ3v) is 4.83. The van der Waals surface area contributed by atoms with Crippen LogP contribution in [0.5, 0.6) is 0 Å². The number of ether oxygens (including phenoxy) is 1. The Morgan fingerprint density at radius 2 is 1.81 bits per heavy atom. The topological polar surface area (TPSA) is 44.1 Å². The fourth-order valence-electron chi connectivity index (χ4n) is 3.02. The summed E-state index contributed by atoms with van der Waals surface area (Å²) in [6, 6.07) is 14.6. The van der Waals surface area contributed by atoms with Gasteiger partial charge in [0.2, 0.25) is 0 Å². The molecule has 0 saturated carbocycles. The first-order chi connectivity index (χ1) is 12.5. The van der Waals surface area contributed by atoms with Gasteiger partial charge in [0.15, 0.2) is 0 Å². The minimum atomic E-state index is -0.376. The van der Waals surface area contributed by atoms with E-state index < -0.39 is 0 Å². The van der Waals surface area contributed by atoms with E-state index in [1.54, 1.807) is 18.2 Å². The summed E-state index contributed by atoms with van der Waals surface area (Å²) in [6.07, 6.45) is 0.949. The Hall–Kier alpha value is -2.59. The van der Waals surface area contributed by atoms with Gasteiger partial charge in [0.1, 0.15) is 6.61 Å². The van der Waals surface area contributed by atoms with Crippen LogP contribution in [0.1, 0.15) is 39.8 Å². The van der Waals surface area contributed by atoms with Crippen LogP contribution in [-0.4, -0.2) is 15.7 Å². The van der Waals surface area contributed by atoms with Crippen molar-refractivity contribution >= 4 is 17.6 Å². The van der Waals surface area contributed by atoms with Crippen molar-refractivity contribution in [3.8, 4) is 5.69 Å². The van der Waals surface area contributed by atoms with E-state index in [-0.39, 0.29) is 12.6 Å². The van der Waals surface area contributed by atoms with Crippen molar-refractivity contribution < 1.29 is 9.53 Å². The normalized spacial score (nSPS) is 10.8. The molecule has 0 fully saturated rings. The van der Waals surface area contributed by atoms with Crippen molar-refractivity contribution in [1.29, 1.82) is 0 Å². The van der Waals surface area contributed by atoms with Gasteiger partial charge in [0.05, 0.1) is 16.9 Å². The van der Waals surface area contributed by atoms with Crippen molar-refractivity contribution in [2.45, 2.75) is 33.8 Å². The Kier molecular flexibility index (Phi) is 5.43. The van der Waals surface area contributed by atoms with E-state index >= 15 is 0 Å². The number of hydrogen-bond donors (Lipinski definition) is 0. The summed E-state index contributed by atoms with van der Waals surface area (Å²) in [5.41, 5.74) is 5.63. The fraction of sp³-hybridized carbons (Fsp3) is 0.238. The highest BCUT2D eigenvalue weighted by Crippen LogP contribution is 2.20. The van der Waals surface area contributed by atoms with Gasteiger partial charge in [-0.1, -0.05) is 36.7 Å². The van der Waals surface area contributed by atoms with E-state index in [2.05, 4.69) is 18.9 Å². The summed E-state index contributed by atoms with van der Waals surface area (Å²) in [4.78, 5) is 12.3. The van der Waals surface area contributed by atoms with E-state index in [9.17, 15) is 4.79 Å². The largest absolute Gasteiger partial charge is 0.457 e. The summed E-state index contributed by atoms with van der Waals surface area (Å²) >= 11 is 6.08. The Morgan fingerprint density at radius 3 is 2.42 bits per heavy atom. The molecule has 1 aromatic heterocycles.